The summed E-state index contributed by atoms with van der Waals surface area (Å²) in [6.45, 7) is 29.6. The summed E-state index contributed by atoms with van der Waals surface area (Å²) in [6.07, 6.45) is 13.5. The van der Waals surface area contributed by atoms with Crippen molar-refractivity contribution in [2.45, 2.75) is 92.6 Å². The van der Waals surface area contributed by atoms with Crippen LogP contribution in [0, 0.1) is 30.5 Å². The molecule has 6 nitrogen and oxygen atoms in total. The minimum absolute atomic E-state index is 0.172. The minimum Gasteiger partial charge on any atom is -0.333 e. The fourth-order valence-corrected chi connectivity index (χ4v) is 6.22. The lowest BCUT2D eigenvalue weighted by molar-refractivity contribution is 0.195. The van der Waals surface area contributed by atoms with E-state index in [2.05, 4.69) is 112 Å². The summed E-state index contributed by atoms with van der Waals surface area (Å²) in [6, 6.07) is 11.9. The van der Waals surface area contributed by atoms with Gasteiger partial charge >= 0.3 is 0 Å². The lowest BCUT2D eigenvalue weighted by Gasteiger charge is -2.32. The summed E-state index contributed by atoms with van der Waals surface area (Å²) in [5.74, 6) is 4.12. The Morgan fingerprint density at radius 2 is 1.67 bits per heavy atom. The van der Waals surface area contributed by atoms with Crippen LogP contribution in [0.3, 0.4) is 0 Å². The molecule has 288 valence electrons. The summed E-state index contributed by atoms with van der Waals surface area (Å²) in [4.78, 5) is 12.5. The predicted octanol–water partition coefficient (Wildman–Crippen LogP) is 10.3. The molecule has 1 aromatic heterocycles. The number of fused-ring (bicyclic) bond motifs is 1. The summed E-state index contributed by atoms with van der Waals surface area (Å²) >= 11 is 2.06. The molecular weight excluding hydrogens is 664 g/mol. The van der Waals surface area contributed by atoms with Crippen LogP contribution in [0.5, 0.6) is 0 Å². The molecule has 2 saturated heterocycles. The first kappa shape index (κ1) is 46.7. The van der Waals surface area contributed by atoms with Crippen molar-refractivity contribution >= 4 is 34.6 Å². The highest BCUT2D eigenvalue weighted by atomic mass is 32.2. The lowest BCUT2D eigenvalue weighted by Crippen LogP contribution is -2.36. The number of benzene rings is 2. The molecule has 5 rings (SSSR count). The Kier molecular flexibility index (Phi) is 23.8. The molecule has 52 heavy (non-hydrogen) atoms. The number of piperidine rings is 1. The fraction of sp³-hybridized carbons (Fsp3) is 0.500. The number of aliphatic imine (C=N–C) groups is 1. The zero-order chi connectivity index (χ0) is 39.1. The Bertz CT molecular complexity index is 1520. The van der Waals surface area contributed by atoms with Gasteiger partial charge in [-0.15, -0.1) is 13.2 Å². The molecule has 2 aliphatic rings. The summed E-state index contributed by atoms with van der Waals surface area (Å²) in [5.41, 5.74) is 15.8. The van der Waals surface area contributed by atoms with Crippen LogP contribution in [0.4, 0.5) is 4.39 Å². The maximum atomic E-state index is 14.4. The van der Waals surface area contributed by atoms with Crippen LogP contribution in [0.2, 0.25) is 0 Å². The first-order valence-electron chi connectivity index (χ1n) is 18.9. The molecule has 3 aromatic rings. The Hall–Kier alpha value is -3.30. The van der Waals surface area contributed by atoms with Crippen molar-refractivity contribution in [2.75, 3.05) is 32.4 Å². The molecule has 2 aromatic carbocycles. The van der Waals surface area contributed by atoms with E-state index in [0.29, 0.717) is 29.2 Å². The van der Waals surface area contributed by atoms with Crippen molar-refractivity contribution in [3.05, 3.63) is 109 Å². The van der Waals surface area contributed by atoms with Gasteiger partial charge in [-0.05, 0) is 113 Å². The van der Waals surface area contributed by atoms with E-state index in [-0.39, 0.29) is 5.82 Å². The SMILES string of the molecule is C=C.C=Cc1ccc2nc(CN3CCC(C(/C=C\C=C\C)=NCc4ccc(C)cc4F)CC3)n(CC3CCS3)c2c1.CC(C)C.CC(C)CN.CN. The number of allylic oxidation sites excluding steroid dienone is 4. The van der Waals surface area contributed by atoms with Crippen molar-refractivity contribution in [2.24, 2.45) is 34.2 Å². The topological polar surface area (TPSA) is 85.5 Å². The molecule has 1 unspecified atom stereocenters. The van der Waals surface area contributed by atoms with Gasteiger partial charge in [0.1, 0.15) is 11.6 Å². The van der Waals surface area contributed by atoms with Gasteiger partial charge in [0.05, 0.1) is 24.1 Å². The minimum atomic E-state index is -0.172. The maximum absolute atomic E-state index is 14.4. The first-order chi connectivity index (χ1) is 25.0. The van der Waals surface area contributed by atoms with Crippen LogP contribution in [-0.2, 0) is 19.6 Å². The molecular formula is C44H69FN6S. The van der Waals surface area contributed by atoms with Crippen LogP contribution < -0.4 is 11.5 Å². The van der Waals surface area contributed by atoms with Gasteiger partial charge in [-0.2, -0.15) is 11.8 Å². The molecule has 0 saturated carbocycles. The van der Waals surface area contributed by atoms with Crippen LogP contribution in [0.1, 0.15) is 83.3 Å². The third-order valence-electron chi connectivity index (χ3n) is 8.32. The Labute approximate surface area is 320 Å². The second kappa shape index (κ2) is 26.5. The molecule has 0 radical (unpaired) electrons. The highest BCUT2D eigenvalue weighted by Crippen LogP contribution is 2.32. The van der Waals surface area contributed by atoms with E-state index in [9.17, 15) is 4.39 Å². The molecule has 1 atom stereocenters. The normalized spacial score (nSPS) is 16.3. The van der Waals surface area contributed by atoms with Gasteiger partial charge in [0, 0.05) is 29.0 Å². The van der Waals surface area contributed by atoms with E-state index < -0.39 is 0 Å². The molecule has 8 heteroatoms. The van der Waals surface area contributed by atoms with E-state index in [1.54, 1.807) is 6.07 Å². The largest absolute Gasteiger partial charge is 0.333 e. The second-order valence-electron chi connectivity index (χ2n) is 14.0. The second-order valence-corrected chi connectivity index (χ2v) is 15.4. The number of thioether (sulfide) groups is 1. The predicted molar refractivity (Wildman–Crippen MR) is 231 cm³/mol. The first-order valence-corrected chi connectivity index (χ1v) is 19.9. The number of likely N-dealkylation sites (tertiary alicyclic amines) is 1. The van der Waals surface area contributed by atoms with Gasteiger partial charge in [-0.3, -0.25) is 9.89 Å². The van der Waals surface area contributed by atoms with Gasteiger partial charge < -0.3 is 16.0 Å². The van der Waals surface area contributed by atoms with Crippen molar-refractivity contribution < 1.29 is 4.39 Å². The molecule has 3 heterocycles. The monoisotopic (exact) mass is 733 g/mol. The highest BCUT2D eigenvalue weighted by molar-refractivity contribution is 8.01. The molecule has 0 bridgehead atoms. The number of halogens is 1. The summed E-state index contributed by atoms with van der Waals surface area (Å²) in [7, 11) is 1.50. The van der Waals surface area contributed by atoms with Crippen LogP contribution >= 0.6 is 11.8 Å². The number of aromatic nitrogens is 2. The van der Waals surface area contributed by atoms with Gasteiger partial charge in [-0.25, -0.2) is 9.37 Å². The van der Waals surface area contributed by atoms with E-state index in [4.69, 9.17) is 15.7 Å². The number of rotatable bonds is 11. The standard InChI is InChI=1S/C33H39FN4S.C4H11N.C4H10.C2H4.CH5N/c1-4-6-7-8-30(35-21-27-11-9-24(3)19-29(27)34)26-13-16-37(17-14-26)23-33-36-31-12-10-25(5-2)20-32(31)38(33)22-28-15-18-39-28;1-4(2)3-5;1-4(2)3;2*1-2/h4-12,19-20,26,28H,2,13-18,21-23H2,1,3H3;4H,3,5H2,1-2H3;4H,1-3H3;1-2H2;2H2,1H3/b6-4+,8-7-,35-30?;;;;. The molecule has 4 N–H and O–H groups in total. The zero-order valence-corrected chi connectivity index (χ0v) is 34.4. The number of imidazole rings is 1. The van der Waals surface area contributed by atoms with Crippen molar-refractivity contribution in [3.8, 4) is 0 Å². The van der Waals surface area contributed by atoms with Crippen LogP contribution in [0.25, 0.3) is 17.1 Å². The summed E-state index contributed by atoms with van der Waals surface area (Å²) < 4.78 is 16.9. The Morgan fingerprint density at radius 3 is 2.19 bits per heavy atom. The third kappa shape index (κ3) is 16.6. The third-order valence-corrected chi connectivity index (χ3v) is 9.65. The van der Waals surface area contributed by atoms with E-state index >= 15 is 0 Å². The lowest BCUT2D eigenvalue weighted by atomic mass is 9.91. The van der Waals surface area contributed by atoms with Gasteiger partial charge in [0.25, 0.3) is 0 Å². The maximum Gasteiger partial charge on any atom is 0.128 e. The average Bonchev–Trinajstić information content (AvgIpc) is 3.46. The molecule has 0 amide bonds. The number of aryl methyl sites for hydroxylation is 1. The molecule has 0 aliphatic carbocycles. The van der Waals surface area contributed by atoms with E-state index in [1.807, 2.05) is 44.2 Å². The van der Waals surface area contributed by atoms with E-state index in [0.717, 1.165) is 79.7 Å². The Morgan fingerprint density at radius 1 is 1.04 bits per heavy atom. The number of nitrogens with zero attached hydrogens (tertiary/aromatic N) is 4. The molecule has 2 aliphatic heterocycles. The number of hydrogen-bond acceptors (Lipinski definition) is 6. The average molecular weight is 733 g/mol. The van der Waals surface area contributed by atoms with Crippen molar-refractivity contribution in [1.29, 1.82) is 0 Å². The Balaban J connectivity index is 0.000000909. The summed E-state index contributed by atoms with van der Waals surface area (Å²) in [5, 5.41) is 0.681. The van der Waals surface area contributed by atoms with Crippen LogP contribution in [0.15, 0.2) is 85.4 Å². The van der Waals surface area contributed by atoms with Gasteiger partial charge in [0.15, 0.2) is 0 Å². The smallest absolute Gasteiger partial charge is 0.128 e. The van der Waals surface area contributed by atoms with Gasteiger partial charge in [0.2, 0.25) is 0 Å². The zero-order valence-electron chi connectivity index (χ0n) is 33.6. The van der Waals surface area contributed by atoms with Crippen molar-refractivity contribution in [1.82, 2.24) is 14.5 Å². The fourth-order valence-electron chi connectivity index (χ4n) is 5.40. The van der Waals surface area contributed by atoms with Crippen LogP contribution in [-0.4, -0.2) is 57.8 Å². The highest BCUT2D eigenvalue weighted by Gasteiger charge is 2.26. The molecule has 2 fully saturated rings. The quantitative estimate of drug-likeness (QED) is 0.116. The van der Waals surface area contributed by atoms with Crippen molar-refractivity contribution in [3.63, 3.8) is 0 Å². The number of hydrogen-bond donors (Lipinski definition) is 2. The van der Waals surface area contributed by atoms with E-state index in [1.165, 1.54) is 24.7 Å². The molecule has 0 spiro atoms. The number of nitrogens with two attached hydrogens (primary N) is 2. The van der Waals surface area contributed by atoms with Gasteiger partial charge in [-0.1, -0.05) is 83.7 Å².